The molecule has 1 aromatic rings. The molecule has 3 N–H and O–H groups in total. The molecule has 0 aromatic heterocycles. The quantitative estimate of drug-likeness (QED) is 0.833. The molecule has 0 aliphatic heterocycles. The van der Waals surface area contributed by atoms with Crippen LogP contribution in [-0.2, 0) is 4.79 Å². The van der Waals surface area contributed by atoms with Crippen molar-refractivity contribution in [1.82, 2.24) is 0 Å². The van der Waals surface area contributed by atoms with Crippen molar-refractivity contribution in [2.75, 3.05) is 5.32 Å². The predicted molar refractivity (Wildman–Crippen MR) is 75.4 cm³/mol. The van der Waals surface area contributed by atoms with E-state index in [0.29, 0.717) is 0 Å². The van der Waals surface area contributed by atoms with Crippen LogP contribution >= 0.6 is 22.6 Å². The van der Waals surface area contributed by atoms with Gasteiger partial charge in [-0.1, -0.05) is 13.3 Å². The summed E-state index contributed by atoms with van der Waals surface area (Å²) in [6, 6.07) is 5.49. The van der Waals surface area contributed by atoms with Crippen LogP contribution in [0.25, 0.3) is 0 Å². The molecule has 0 heterocycles. The van der Waals surface area contributed by atoms with Gasteiger partial charge in [0, 0.05) is 9.26 Å². The van der Waals surface area contributed by atoms with E-state index in [0.717, 1.165) is 27.7 Å². The van der Waals surface area contributed by atoms with Crippen LogP contribution in [0, 0.1) is 10.5 Å². The number of carbonyl (C=O) groups excluding carboxylic acids is 1. The lowest BCUT2D eigenvalue weighted by atomic mass is 10.1. The van der Waals surface area contributed by atoms with Gasteiger partial charge in [-0.25, -0.2) is 0 Å². The molecule has 3 nitrogen and oxygen atoms in total. The SMILES string of the molecule is CCC[C@H](N)C(=O)Nc1ccc(I)cc1C. The van der Waals surface area contributed by atoms with Crippen LogP contribution in [0.1, 0.15) is 25.3 Å². The summed E-state index contributed by atoms with van der Waals surface area (Å²) in [5.41, 5.74) is 7.65. The number of hydrogen-bond acceptors (Lipinski definition) is 2. The van der Waals surface area contributed by atoms with Crippen molar-refractivity contribution in [3.63, 3.8) is 0 Å². The summed E-state index contributed by atoms with van der Waals surface area (Å²) >= 11 is 2.25. The van der Waals surface area contributed by atoms with Gasteiger partial charge >= 0.3 is 0 Å². The van der Waals surface area contributed by atoms with Crippen LogP contribution in [-0.4, -0.2) is 11.9 Å². The first-order valence-electron chi connectivity index (χ1n) is 5.37. The van der Waals surface area contributed by atoms with Crippen LogP contribution < -0.4 is 11.1 Å². The first kappa shape index (κ1) is 13.4. The van der Waals surface area contributed by atoms with E-state index in [1.165, 1.54) is 0 Å². The fourth-order valence-corrected chi connectivity index (χ4v) is 2.08. The molecule has 0 aliphatic rings. The van der Waals surface area contributed by atoms with Gasteiger partial charge in [0.2, 0.25) is 5.91 Å². The van der Waals surface area contributed by atoms with E-state index >= 15 is 0 Å². The molecule has 1 aromatic carbocycles. The van der Waals surface area contributed by atoms with Gasteiger partial charge in [-0.15, -0.1) is 0 Å². The molecule has 16 heavy (non-hydrogen) atoms. The predicted octanol–water partition coefficient (Wildman–Crippen LogP) is 2.67. The molecule has 0 aliphatic carbocycles. The van der Waals surface area contributed by atoms with E-state index in [1.807, 2.05) is 32.0 Å². The third-order valence-electron chi connectivity index (χ3n) is 2.38. The number of nitrogens with one attached hydrogen (secondary N) is 1. The van der Waals surface area contributed by atoms with Crippen molar-refractivity contribution in [2.24, 2.45) is 5.73 Å². The second-order valence-corrected chi connectivity index (χ2v) is 5.09. The number of carbonyl (C=O) groups is 1. The third kappa shape index (κ3) is 3.75. The van der Waals surface area contributed by atoms with Crippen LogP contribution in [0.15, 0.2) is 18.2 Å². The normalized spacial score (nSPS) is 12.2. The van der Waals surface area contributed by atoms with Gasteiger partial charge < -0.3 is 11.1 Å². The molecule has 0 saturated heterocycles. The highest BCUT2D eigenvalue weighted by Gasteiger charge is 2.12. The van der Waals surface area contributed by atoms with E-state index in [9.17, 15) is 4.79 Å². The summed E-state index contributed by atoms with van der Waals surface area (Å²) in [7, 11) is 0. The molecular formula is C12H17IN2O. The van der Waals surface area contributed by atoms with Crippen LogP contribution in [0.3, 0.4) is 0 Å². The zero-order valence-electron chi connectivity index (χ0n) is 9.59. The third-order valence-corrected chi connectivity index (χ3v) is 3.05. The van der Waals surface area contributed by atoms with E-state index < -0.39 is 6.04 Å². The van der Waals surface area contributed by atoms with Gasteiger partial charge in [-0.3, -0.25) is 4.79 Å². The first-order chi connectivity index (χ1) is 7.54. The number of aryl methyl sites for hydroxylation is 1. The Kier molecular flexibility index (Phi) is 5.21. The Morgan fingerprint density at radius 2 is 2.25 bits per heavy atom. The average Bonchev–Trinajstić information content (AvgIpc) is 2.22. The Balaban J connectivity index is 2.69. The zero-order chi connectivity index (χ0) is 12.1. The standard InChI is InChI=1S/C12H17IN2O/c1-3-4-10(14)12(16)15-11-6-5-9(13)7-8(11)2/h5-7,10H,3-4,14H2,1-2H3,(H,15,16)/t10-/m0/s1. The molecule has 0 bridgehead atoms. The maximum atomic E-state index is 11.7. The number of halogens is 1. The van der Waals surface area contributed by atoms with Gasteiger partial charge in [0.15, 0.2) is 0 Å². The first-order valence-corrected chi connectivity index (χ1v) is 6.45. The number of amides is 1. The molecule has 0 fully saturated rings. The highest BCUT2D eigenvalue weighted by atomic mass is 127. The molecule has 1 rings (SSSR count). The van der Waals surface area contributed by atoms with Crippen LogP contribution in [0.4, 0.5) is 5.69 Å². The lowest BCUT2D eigenvalue weighted by Gasteiger charge is -2.13. The van der Waals surface area contributed by atoms with Crippen molar-refractivity contribution in [3.05, 3.63) is 27.3 Å². The Hall–Kier alpha value is -0.620. The largest absolute Gasteiger partial charge is 0.324 e. The van der Waals surface area contributed by atoms with Crippen molar-refractivity contribution < 1.29 is 4.79 Å². The fourth-order valence-electron chi connectivity index (χ4n) is 1.43. The Labute approximate surface area is 110 Å². The number of hydrogen-bond donors (Lipinski definition) is 2. The van der Waals surface area contributed by atoms with Crippen molar-refractivity contribution in [1.29, 1.82) is 0 Å². The number of anilines is 1. The second kappa shape index (κ2) is 6.20. The average molecular weight is 332 g/mol. The molecule has 0 unspecified atom stereocenters. The second-order valence-electron chi connectivity index (χ2n) is 3.84. The monoisotopic (exact) mass is 332 g/mol. The van der Waals surface area contributed by atoms with E-state index in [4.69, 9.17) is 5.73 Å². The van der Waals surface area contributed by atoms with Gasteiger partial charge in [-0.05, 0) is 59.7 Å². The summed E-state index contributed by atoms with van der Waals surface area (Å²) < 4.78 is 1.16. The summed E-state index contributed by atoms with van der Waals surface area (Å²) in [6.07, 6.45) is 1.63. The number of nitrogens with two attached hydrogens (primary N) is 1. The molecule has 0 radical (unpaired) electrons. The molecule has 0 spiro atoms. The topological polar surface area (TPSA) is 55.1 Å². The minimum Gasteiger partial charge on any atom is -0.324 e. The van der Waals surface area contributed by atoms with E-state index in [1.54, 1.807) is 0 Å². The summed E-state index contributed by atoms with van der Waals surface area (Å²) in [6.45, 7) is 3.99. The van der Waals surface area contributed by atoms with E-state index in [2.05, 4.69) is 27.9 Å². The van der Waals surface area contributed by atoms with Gasteiger partial charge in [-0.2, -0.15) is 0 Å². The van der Waals surface area contributed by atoms with Gasteiger partial charge in [0.05, 0.1) is 6.04 Å². The number of benzene rings is 1. The molecule has 1 atom stereocenters. The maximum absolute atomic E-state index is 11.7. The highest BCUT2D eigenvalue weighted by molar-refractivity contribution is 14.1. The maximum Gasteiger partial charge on any atom is 0.241 e. The van der Waals surface area contributed by atoms with Crippen molar-refractivity contribution in [3.8, 4) is 0 Å². The van der Waals surface area contributed by atoms with E-state index in [-0.39, 0.29) is 5.91 Å². The zero-order valence-corrected chi connectivity index (χ0v) is 11.7. The smallest absolute Gasteiger partial charge is 0.241 e. The van der Waals surface area contributed by atoms with Crippen LogP contribution in [0.2, 0.25) is 0 Å². The summed E-state index contributed by atoms with van der Waals surface area (Å²) in [4.78, 5) is 11.7. The molecular weight excluding hydrogens is 315 g/mol. The highest BCUT2D eigenvalue weighted by Crippen LogP contribution is 2.17. The minimum atomic E-state index is -0.413. The summed E-state index contributed by atoms with van der Waals surface area (Å²) in [5.74, 6) is -0.105. The minimum absolute atomic E-state index is 0.105. The Morgan fingerprint density at radius 3 is 2.81 bits per heavy atom. The Morgan fingerprint density at radius 1 is 1.56 bits per heavy atom. The number of rotatable bonds is 4. The molecule has 1 amide bonds. The lowest BCUT2D eigenvalue weighted by molar-refractivity contribution is -0.117. The van der Waals surface area contributed by atoms with Crippen molar-refractivity contribution >= 4 is 34.2 Å². The fraction of sp³-hybridized carbons (Fsp3) is 0.417. The Bertz CT molecular complexity index is 379. The van der Waals surface area contributed by atoms with Crippen LogP contribution in [0.5, 0.6) is 0 Å². The summed E-state index contributed by atoms with van der Waals surface area (Å²) in [5, 5.41) is 2.85. The lowest BCUT2D eigenvalue weighted by Crippen LogP contribution is -2.35. The molecule has 4 heteroatoms. The van der Waals surface area contributed by atoms with Crippen molar-refractivity contribution in [2.45, 2.75) is 32.7 Å². The van der Waals surface area contributed by atoms with Gasteiger partial charge in [0.25, 0.3) is 0 Å². The molecule has 88 valence electrons. The van der Waals surface area contributed by atoms with Gasteiger partial charge in [0.1, 0.15) is 0 Å². The molecule has 0 saturated carbocycles.